The molecule has 1 amide bonds. The maximum Gasteiger partial charge on any atom is 0.272 e. The van der Waals surface area contributed by atoms with Crippen molar-refractivity contribution in [3.05, 3.63) is 35.4 Å². The Morgan fingerprint density at radius 3 is 2.53 bits per heavy atom. The molecule has 0 aliphatic rings. The number of nitrogens with two attached hydrogens (primary N) is 1. The lowest BCUT2D eigenvalue weighted by Gasteiger charge is -2.06. The molecule has 15 heavy (non-hydrogen) atoms. The molecule has 1 aromatic rings. The van der Waals surface area contributed by atoms with Gasteiger partial charge in [0.05, 0.1) is 5.56 Å². The van der Waals surface area contributed by atoms with E-state index < -0.39 is 17.5 Å². The third-order valence-corrected chi connectivity index (χ3v) is 1.58. The van der Waals surface area contributed by atoms with E-state index in [9.17, 15) is 13.6 Å². The van der Waals surface area contributed by atoms with Gasteiger partial charge in [0.2, 0.25) is 0 Å². The van der Waals surface area contributed by atoms with E-state index in [1.165, 1.54) is 0 Å². The Morgan fingerprint density at radius 2 is 2.00 bits per heavy atom. The van der Waals surface area contributed by atoms with Crippen LogP contribution in [-0.2, 0) is 0 Å². The fourth-order valence-electron chi connectivity index (χ4n) is 0.859. The van der Waals surface area contributed by atoms with E-state index in [0.717, 1.165) is 12.1 Å². The van der Waals surface area contributed by atoms with Gasteiger partial charge < -0.3 is 5.73 Å². The largest absolute Gasteiger partial charge is 0.375 e. The van der Waals surface area contributed by atoms with Crippen molar-refractivity contribution in [2.24, 2.45) is 5.73 Å². The Bertz CT molecular complexity index is 411. The molecule has 4 N–H and O–H groups in total. The number of amides is 1. The third kappa shape index (κ3) is 3.13. The number of halogens is 2. The molecule has 0 heterocycles. The van der Waals surface area contributed by atoms with Crippen molar-refractivity contribution >= 4 is 23.2 Å². The zero-order chi connectivity index (χ0) is 11.4. The summed E-state index contributed by atoms with van der Waals surface area (Å²) in [5.41, 5.74) is 8.90. The van der Waals surface area contributed by atoms with Gasteiger partial charge in [-0.25, -0.2) is 8.78 Å². The molecule has 0 spiro atoms. The highest BCUT2D eigenvalue weighted by atomic mass is 32.1. The summed E-state index contributed by atoms with van der Waals surface area (Å²) in [7, 11) is 0. The first kappa shape index (κ1) is 11.3. The zero-order valence-electron chi connectivity index (χ0n) is 7.38. The van der Waals surface area contributed by atoms with Crippen LogP contribution in [0.25, 0.3) is 0 Å². The fourth-order valence-corrected chi connectivity index (χ4v) is 0.910. The highest BCUT2D eigenvalue weighted by molar-refractivity contribution is 7.80. The molecular formula is C8H7F2N3OS. The van der Waals surface area contributed by atoms with Crippen LogP contribution in [-0.4, -0.2) is 11.0 Å². The first-order valence-electron chi connectivity index (χ1n) is 3.81. The van der Waals surface area contributed by atoms with Gasteiger partial charge in [0.15, 0.2) is 5.11 Å². The van der Waals surface area contributed by atoms with Gasteiger partial charge in [-0.05, 0) is 24.4 Å². The standard InChI is InChI=1S/C8H7F2N3OS/c9-4-1-2-5(6(10)3-4)7(14)12-13-8(11)15/h1-3H,(H,12,14)(H3,11,13,15). The monoisotopic (exact) mass is 231 g/mol. The van der Waals surface area contributed by atoms with Crippen LogP contribution in [0.4, 0.5) is 8.78 Å². The first-order chi connectivity index (χ1) is 7.00. The molecule has 0 radical (unpaired) electrons. The Kier molecular flexibility index (Phi) is 3.51. The average Bonchev–Trinajstić information content (AvgIpc) is 2.14. The van der Waals surface area contributed by atoms with Crippen molar-refractivity contribution in [1.82, 2.24) is 10.9 Å². The minimum Gasteiger partial charge on any atom is -0.375 e. The molecule has 4 nitrogen and oxygen atoms in total. The van der Waals surface area contributed by atoms with E-state index in [-0.39, 0.29) is 10.7 Å². The maximum atomic E-state index is 13.0. The second kappa shape index (κ2) is 4.65. The van der Waals surface area contributed by atoms with Gasteiger partial charge in [0.25, 0.3) is 5.91 Å². The lowest BCUT2D eigenvalue weighted by molar-refractivity contribution is 0.0940. The van der Waals surface area contributed by atoms with E-state index in [1.54, 1.807) is 0 Å². The molecule has 80 valence electrons. The number of rotatable bonds is 1. The number of nitrogens with one attached hydrogen (secondary N) is 2. The van der Waals surface area contributed by atoms with Crippen LogP contribution in [0.15, 0.2) is 18.2 Å². The number of carbonyl (C=O) groups is 1. The van der Waals surface area contributed by atoms with Gasteiger partial charge in [-0.2, -0.15) is 0 Å². The average molecular weight is 231 g/mol. The summed E-state index contributed by atoms with van der Waals surface area (Å²) in [6.45, 7) is 0. The van der Waals surface area contributed by atoms with Crippen molar-refractivity contribution in [3.8, 4) is 0 Å². The summed E-state index contributed by atoms with van der Waals surface area (Å²) in [4.78, 5) is 11.2. The van der Waals surface area contributed by atoms with E-state index in [1.807, 2.05) is 5.43 Å². The third-order valence-electron chi connectivity index (χ3n) is 1.47. The first-order valence-corrected chi connectivity index (χ1v) is 4.22. The highest BCUT2D eigenvalue weighted by Gasteiger charge is 2.11. The molecule has 0 aliphatic heterocycles. The molecule has 0 aliphatic carbocycles. The summed E-state index contributed by atoms with van der Waals surface area (Å²) in [5.74, 6) is -2.51. The lowest BCUT2D eigenvalue weighted by Crippen LogP contribution is -2.44. The van der Waals surface area contributed by atoms with E-state index in [4.69, 9.17) is 5.73 Å². The summed E-state index contributed by atoms with van der Waals surface area (Å²) in [5, 5.41) is -0.161. The van der Waals surface area contributed by atoms with Gasteiger partial charge in [-0.15, -0.1) is 0 Å². The summed E-state index contributed by atoms with van der Waals surface area (Å²) < 4.78 is 25.5. The molecule has 0 saturated heterocycles. The van der Waals surface area contributed by atoms with Crippen LogP contribution in [0, 0.1) is 11.6 Å². The summed E-state index contributed by atoms with van der Waals surface area (Å²) in [6.07, 6.45) is 0. The SMILES string of the molecule is NC(=S)NNC(=O)c1ccc(F)cc1F. The molecular weight excluding hydrogens is 224 g/mol. The van der Waals surface area contributed by atoms with E-state index in [2.05, 4.69) is 17.6 Å². The smallest absolute Gasteiger partial charge is 0.272 e. The van der Waals surface area contributed by atoms with Crippen molar-refractivity contribution in [3.63, 3.8) is 0 Å². The van der Waals surface area contributed by atoms with Crippen LogP contribution in [0.1, 0.15) is 10.4 Å². The maximum absolute atomic E-state index is 13.0. The Morgan fingerprint density at radius 1 is 1.33 bits per heavy atom. The van der Waals surface area contributed by atoms with Gasteiger partial charge in [-0.3, -0.25) is 15.6 Å². The van der Waals surface area contributed by atoms with E-state index >= 15 is 0 Å². The summed E-state index contributed by atoms with van der Waals surface area (Å²) >= 11 is 4.42. The predicted octanol–water partition coefficient (Wildman–Crippen LogP) is 0.443. The zero-order valence-corrected chi connectivity index (χ0v) is 8.20. The van der Waals surface area contributed by atoms with Crippen LogP contribution in [0.3, 0.4) is 0 Å². The molecule has 0 aromatic heterocycles. The van der Waals surface area contributed by atoms with Gasteiger partial charge in [0, 0.05) is 6.07 Å². The van der Waals surface area contributed by atoms with Crippen molar-refractivity contribution in [1.29, 1.82) is 0 Å². The number of hydrazine groups is 1. The number of hydrogen-bond acceptors (Lipinski definition) is 2. The fraction of sp³-hybridized carbons (Fsp3) is 0. The van der Waals surface area contributed by atoms with Crippen LogP contribution in [0.2, 0.25) is 0 Å². The van der Waals surface area contributed by atoms with Crippen LogP contribution in [0.5, 0.6) is 0 Å². The van der Waals surface area contributed by atoms with Gasteiger partial charge >= 0.3 is 0 Å². The summed E-state index contributed by atoms with van der Waals surface area (Å²) in [6, 6.07) is 2.59. The Balaban J connectivity index is 2.78. The van der Waals surface area contributed by atoms with Crippen molar-refractivity contribution in [2.45, 2.75) is 0 Å². The molecule has 0 fully saturated rings. The highest BCUT2D eigenvalue weighted by Crippen LogP contribution is 2.08. The van der Waals surface area contributed by atoms with E-state index in [0.29, 0.717) is 6.07 Å². The molecule has 1 aromatic carbocycles. The lowest BCUT2D eigenvalue weighted by atomic mass is 10.2. The Labute approximate surface area is 89.4 Å². The Hall–Kier alpha value is -1.76. The van der Waals surface area contributed by atoms with Crippen LogP contribution < -0.4 is 16.6 Å². The second-order valence-corrected chi connectivity index (χ2v) is 3.01. The number of benzene rings is 1. The topological polar surface area (TPSA) is 67.2 Å². The van der Waals surface area contributed by atoms with Crippen molar-refractivity contribution in [2.75, 3.05) is 0 Å². The quantitative estimate of drug-likeness (QED) is 0.484. The molecule has 0 bridgehead atoms. The molecule has 7 heteroatoms. The normalized spacial score (nSPS) is 9.47. The minimum absolute atomic E-state index is 0.161. The molecule has 0 atom stereocenters. The van der Waals surface area contributed by atoms with Gasteiger partial charge in [-0.1, -0.05) is 0 Å². The predicted molar refractivity (Wildman–Crippen MR) is 53.7 cm³/mol. The molecule has 0 saturated carbocycles. The number of thiocarbonyl (C=S) groups is 1. The van der Waals surface area contributed by atoms with Crippen LogP contribution >= 0.6 is 12.2 Å². The second-order valence-electron chi connectivity index (χ2n) is 2.57. The van der Waals surface area contributed by atoms with Gasteiger partial charge in [0.1, 0.15) is 11.6 Å². The van der Waals surface area contributed by atoms with Crippen molar-refractivity contribution < 1.29 is 13.6 Å². The minimum atomic E-state index is -0.961. The molecule has 1 rings (SSSR count). The molecule has 0 unspecified atom stereocenters. The number of carbonyl (C=O) groups excluding carboxylic acids is 1. The number of hydrogen-bond donors (Lipinski definition) is 3.